The molecule has 1 aromatic heterocycles. The van der Waals surface area contributed by atoms with Crippen molar-refractivity contribution in [3.63, 3.8) is 0 Å². The first kappa shape index (κ1) is 16.4. The van der Waals surface area contributed by atoms with Gasteiger partial charge in [0.05, 0.1) is 19.7 Å². The van der Waals surface area contributed by atoms with Gasteiger partial charge in [-0.05, 0) is 56.5 Å². The van der Waals surface area contributed by atoms with Gasteiger partial charge in [0.2, 0.25) is 5.91 Å². The summed E-state index contributed by atoms with van der Waals surface area (Å²) < 4.78 is 5.87. The lowest BCUT2D eigenvalue weighted by molar-refractivity contribution is -0.140. The van der Waals surface area contributed by atoms with Crippen LogP contribution in [0.25, 0.3) is 0 Å². The van der Waals surface area contributed by atoms with Crippen molar-refractivity contribution in [3.8, 4) is 0 Å². The number of nitrogens with zero attached hydrogens (tertiary/aromatic N) is 3. The van der Waals surface area contributed by atoms with Crippen LogP contribution in [0, 0.1) is 12.8 Å². The Hall–Kier alpha value is -1.46. The SMILES string of the molecule is Cc1cc([C@@H]2CN(C(=O)CN3CCC(C)CC3)CCO2)ccn1. The van der Waals surface area contributed by atoms with E-state index in [1.54, 1.807) is 0 Å². The fourth-order valence-corrected chi connectivity index (χ4v) is 3.36. The van der Waals surface area contributed by atoms with Crippen LogP contribution in [-0.2, 0) is 9.53 Å². The number of carbonyl (C=O) groups is 1. The molecule has 3 heterocycles. The first-order valence-electron chi connectivity index (χ1n) is 8.66. The Kier molecular flexibility index (Phi) is 5.28. The second-order valence-electron chi connectivity index (χ2n) is 6.89. The first-order valence-corrected chi connectivity index (χ1v) is 8.66. The van der Waals surface area contributed by atoms with E-state index in [0.717, 1.165) is 30.3 Å². The first-order chi connectivity index (χ1) is 11.1. The van der Waals surface area contributed by atoms with E-state index in [1.165, 1.54) is 12.8 Å². The highest BCUT2D eigenvalue weighted by molar-refractivity contribution is 5.78. The number of morpholine rings is 1. The highest BCUT2D eigenvalue weighted by atomic mass is 16.5. The van der Waals surface area contributed by atoms with Crippen LogP contribution in [0.1, 0.15) is 37.1 Å². The Morgan fingerprint density at radius 3 is 2.87 bits per heavy atom. The molecule has 0 unspecified atom stereocenters. The van der Waals surface area contributed by atoms with Gasteiger partial charge in [-0.2, -0.15) is 0 Å². The minimum absolute atomic E-state index is 0.0317. The highest BCUT2D eigenvalue weighted by Gasteiger charge is 2.27. The number of hydrogen-bond acceptors (Lipinski definition) is 4. The molecule has 3 rings (SSSR count). The Morgan fingerprint density at radius 1 is 1.35 bits per heavy atom. The van der Waals surface area contributed by atoms with Crippen LogP contribution >= 0.6 is 0 Å². The van der Waals surface area contributed by atoms with Crippen molar-refractivity contribution in [2.75, 3.05) is 39.3 Å². The molecule has 0 N–H and O–H groups in total. The van der Waals surface area contributed by atoms with Crippen molar-refractivity contribution < 1.29 is 9.53 Å². The summed E-state index contributed by atoms with van der Waals surface area (Å²) in [6.07, 6.45) is 4.18. The van der Waals surface area contributed by atoms with Crippen LogP contribution in [0.2, 0.25) is 0 Å². The van der Waals surface area contributed by atoms with Gasteiger partial charge in [0.1, 0.15) is 6.10 Å². The van der Waals surface area contributed by atoms with Gasteiger partial charge in [-0.3, -0.25) is 14.7 Å². The van der Waals surface area contributed by atoms with Crippen molar-refractivity contribution in [2.24, 2.45) is 5.92 Å². The second-order valence-corrected chi connectivity index (χ2v) is 6.89. The zero-order valence-electron chi connectivity index (χ0n) is 14.2. The Labute approximate surface area is 138 Å². The molecule has 2 saturated heterocycles. The molecule has 2 aliphatic rings. The van der Waals surface area contributed by atoms with Gasteiger partial charge in [-0.1, -0.05) is 6.92 Å². The van der Waals surface area contributed by atoms with Gasteiger partial charge < -0.3 is 9.64 Å². The quantitative estimate of drug-likeness (QED) is 0.856. The molecular weight excluding hydrogens is 290 g/mol. The number of pyridine rings is 1. The van der Waals surface area contributed by atoms with E-state index in [4.69, 9.17) is 4.74 Å². The third kappa shape index (κ3) is 4.30. The van der Waals surface area contributed by atoms with Crippen molar-refractivity contribution >= 4 is 5.91 Å². The monoisotopic (exact) mass is 317 g/mol. The van der Waals surface area contributed by atoms with Gasteiger partial charge >= 0.3 is 0 Å². The number of likely N-dealkylation sites (tertiary alicyclic amines) is 1. The number of hydrogen-bond donors (Lipinski definition) is 0. The summed E-state index contributed by atoms with van der Waals surface area (Å²) in [6, 6.07) is 4.03. The smallest absolute Gasteiger partial charge is 0.236 e. The molecule has 23 heavy (non-hydrogen) atoms. The summed E-state index contributed by atoms with van der Waals surface area (Å²) in [6.45, 7) is 8.86. The Morgan fingerprint density at radius 2 is 2.13 bits per heavy atom. The number of amides is 1. The van der Waals surface area contributed by atoms with Crippen LogP contribution in [0.15, 0.2) is 18.3 Å². The van der Waals surface area contributed by atoms with E-state index in [0.29, 0.717) is 26.2 Å². The van der Waals surface area contributed by atoms with E-state index >= 15 is 0 Å². The minimum Gasteiger partial charge on any atom is -0.370 e. The molecule has 0 bridgehead atoms. The topological polar surface area (TPSA) is 45.7 Å². The third-order valence-corrected chi connectivity index (χ3v) is 4.95. The predicted octanol–water partition coefficient (Wildman–Crippen LogP) is 2.02. The third-order valence-electron chi connectivity index (χ3n) is 4.95. The molecule has 0 spiro atoms. The molecular formula is C18H27N3O2. The van der Waals surface area contributed by atoms with Gasteiger partial charge in [0, 0.05) is 18.4 Å². The largest absolute Gasteiger partial charge is 0.370 e. The number of carbonyl (C=O) groups excluding carboxylic acids is 1. The summed E-state index contributed by atoms with van der Waals surface area (Å²) in [5, 5.41) is 0. The van der Waals surface area contributed by atoms with Gasteiger partial charge in [-0.25, -0.2) is 0 Å². The standard InChI is InChI=1S/C18H27N3O2/c1-14-4-7-20(8-5-14)13-18(22)21-9-10-23-17(12-21)16-3-6-19-15(2)11-16/h3,6,11,14,17H,4-5,7-10,12-13H2,1-2H3/t17-/m0/s1. The summed E-state index contributed by atoms with van der Waals surface area (Å²) in [5.74, 6) is 1.03. The average Bonchev–Trinajstić information content (AvgIpc) is 2.57. The molecule has 1 aromatic rings. The fraction of sp³-hybridized carbons (Fsp3) is 0.667. The zero-order valence-corrected chi connectivity index (χ0v) is 14.2. The number of aryl methyl sites for hydroxylation is 1. The molecule has 0 radical (unpaired) electrons. The Bertz CT molecular complexity index is 541. The number of ether oxygens (including phenoxy) is 1. The summed E-state index contributed by atoms with van der Waals surface area (Å²) >= 11 is 0. The maximum Gasteiger partial charge on any atom is 0.236 e. The normalized spacial score (nSPS) is 23.9. The molecule has 1 atom stereocenters. The lowest BCUT2D eigenvalue weighted by Crippen LogP contribution is -2.48. The van der Waals surface area contributed by atoms with E-state index in [2.05, 4.69) is 16.8 Å². The molecule has 2 fully saturated rings. The fourth-order valence-electron chi connectivity index (χ4n) is 3.36. The van der Waals surface area contributed by atoms with E-state index in [9.17, 15) is 4.79 Å². The van der Waals surface area contributed by atoms with E-state index < -0.39 is 0 Å². The molecule has 2 aliphatic heterocycles. The minimum atomic E-state index is -0.0317. The second kappa shape index (κ2) is 7.41. The molecule has 0 saturated carbocycles. The van der Waals surface area contributed by atoms with Gasteiger partial charge in [-0.15, -0.1) is 0 Å². The maximum absolute atomic E-state index is 12.6. The summed E-state index contributed by atoms with van der Waals surface area (Å²) in [4.78, 5) is 21.1. The molecule has 0 aromatic carbocycles. The van der Waals surface area contributed by atoms with Crippen LogP contribution in [0.3, 0.4) is 0 Å². The number of rotatable bonds is 3. The molecule has 0 aliphatic carbocycles. The lowest BCUT2D eigenvalue weighted by atomic mass is 9.99. The molecule has 126 valence electrons. The molecule has 5 heteroatoms. The van der Waals surface area contributed by atoms with Crippen molar-refractivity contribution in [2.45, 2.75) is 32.8 Å². The summed E-state index contributed by atoms with van der Waals surface area (Å²) in [5.41, 5.74) is 2.10. The van der Waals surface area contributed by atoms with Crippen LogP contribution < -0.4 is 0 Å². The average molecular weight is 317 g/mol. The highest BCUT2D eigenvalue weighted by Crippen LogP contribution is 2.23. The van der Waals surface area contributed by atoms with Gasteiger partial charge in [0.25, 0.3) is 0 Å². The van der Waals surface area contributed by atoms with Crippen LogP contribution in [-0.4, -0.2) is 60.0 Å². The lowest BCUT2D eigenvalue weighted by Gasteiger charge is -2.36. The van der Waals surface area contributed by atoms with Crippen molar-refractivity contribution in [3.05, 3.63) is 29.6 Å². The van der Waals surface area contributed by atoms with Crippen molar-refractivity contribution in [1.82, 2.24) is 14.8 Å². The van der Waals surface area contributed by atoms with Crippen LogP contribution in [0.4, 0.5) is 0 Å². The van der Waals surface area contributed by atoms with E-state index in [-0.39, 0.29) is 12.0 Å². The molecule has 5 nitrogen and oxygen atoms in total. The maximum atomic E-state index is 12.6. The van der Waals surface area contributed by atoms with Gasteiger partial charge in [0.15, 0.2) is 0 Å². The molecule has 1 amide bonds. The number of aromatic nitrogens is 1. The summed E-state index contributed by atoms with van der Waals surface area (Å²) in [7, 11) is 0. The van der Waals surface area contributed by atoms with E-state index in [1.807, 2.05) is 30.2 Å². The zero-order chi connectivity index (χ0) is 16.2. The van der Waals surface area contributed by atoms with Crippen LogP contribution in [0.5, 0.6) is 0 Å². The number of piperidine rings is 1. The predicted molar refractivity (Wildman–Crippen MR) is 89.1 cm³/mol. The van der Waals surface area contributed by atoms with Crippen molar-refractivity contribution in [1.29, 1.82) is 0 Å². The Balaban J connectivity index is 1.56.